The Hall–Kier alpha value is -1.60. The summed E-state index contributed by atoms with van der Waals surface area (Å²) in [6, 6.07) is 9.13. The number of para-hydroxylation sites is 1. The van der Waals surface area contributed by atoms with Crippen LogP contribution in [0.2, 0.25) is 0 Å². The summed E-state index contributed by atoms with van der Waals surface area (Å²) in [7, 11) is -3.88. The monoisotopic (exact) mass is 384 g/mol. The summed E-state index contributed by atoms with van der Waals surface area (Å²) in [5.74, 6) is -0.608. The maximum atomic E-state index is 13.7. The van der Waals surface area contributed by atoms with Crippen LogP contribution in [0.5, 0.6) is 0 Å². The van der Waals surface area contributed by atoms with Crippen LogP contribution < -0.4 is 10.0 Å². The predicted octanol–water partition coefficient (Wildman–Crippen LogP) is 3.75. The van der Waals surface area contributed by atoms with Crippen LogP contribution in [0.4, 0.5) is 15.8 Å². The van der Waals surface area contributed by atoms with Crippen LogP contribution in [0, 0.1) is 5.82 Å². The fourth-order valence-corrected chi connectivity index (χ4v) is 4.46. The van der Waals surface area contributed by atoms with Crippen LogP contribution in [0.15, 0.2) is 45.8 Å². The molecule has 0 radical (unpaired) electrons. The quantitative estimate of drug-likeness (QED) is 0.846. The number of fused-ring (bicyclic) bond motifs is 1. The summed E-state index contributed by atoms with van der Waals surface area (Å²) < 4.78 is 42.0. The third kappa shape index (κ3) is 2.96. The van der Waals surface area contributed by atoms with E-state index >= 15 is 0 Å². The molecule has 0 saturated heterocycles. The number of sulfonamides is 1. The molecule has 0 spiro atoms. The lowest BCUT2D eigenvalue weighted by Gasteiger charge is -2.22. The average Bonchev–Trinajstić information content (AvgIpc) is 2.48. The van der Waals surface area contributed by atoms with Gasteiger partial charge in [-0.3, -0.25) is 4.72 Å². The minimum atomic E-state index is -3.88. The molecule has 4 nitrogen and oxygen atoms in total. The molecule has 0 amide bonds. The predicted molar refractivity (Wildman–Crippen MR) is 88.2 cm³/mol. The zero-order valence-corrected chi connectivity index (χ0v) is 14.0. The molecule has 2 aromatic rings. The largest absolute Gasteiger partial charge is 0.384 e. The summed E-state index contributed by atoms with van der Waals surface area (Å²) in [4.78, 5) is 0.125. The molecular weight excluding hydrogens is 371 g/mol. The van der Waals surface area contributed by atoms with Crippen LogP contribution in [-0.2, 0) is 16.4 Å². The van der Waals surface area contributed by atoms with E-state index in [2.05, 4.69) is 26.0 Å². The molecule has 0 saturated carbocycles. The van der Waals surface area contributed by atoms with Crippen molar-refractivity contribution in [2.24, 2.45) is 0 Å². The van der Waals surface area contributed by atoms with E-state index < -0.39 is 15.8 Å². The molecule has 1 heterocycles. The standard InChI is InChI=1S/C15H14BrFN2O2S/c16-11-8-10-4-3-7-18-15(10)14(9-11)22(20,21)19-13-6-2-1-5-12(13)17/h1-2,5-6,8-9,18-19H,3-4,7H2. The van der Waals surface area contributed by atoms with Crippen LogP contribution in [0.1, 0.15) is 12.0 Å². The first-order valence-electron chi connectivity index (χ1n) is 6.81. The van der Waals surface area contributed by atoms with Crippen molar-refractivity contribution in [3.05, 3.63) is 52.3 Å². The molecule has 0 aromatic heterocycles. The van der Waals surface area contributed by atoms with Crippen molar-refractivity contribution in [2.45, 2.75) is 17.7 Å². The van der Waals surface area contributed by atoms with Gasteiger partial charge in [0.1, 0.15) is 10.7 Å². The Morgan fingerprint density at radius 2 is 2.00 bits per heavy atom. The van der Waals surface area contributed by atoms with Gasteiger partial charge >= 0.3 is 0 Å². The van der Waals surface area contributed by atoms with Gasteiger partial charge in [0.25, 0.3) is 10.0 Å². The molecule has 2 N–H and O–H groups in total. The highest BCUT2D eigenvalue weighted by molar-refractivity contribution is 9.10. The second-order valence-corrected chi connectivity index (χ2v) is 7.62. The van der Waals surface area contributed by atoms with E-state index in [-0.39, 0.29) is 10.6 Å². The first kappa shape index (κ1) is 15.3. The van der Waals surface area contributed by atoms with E-state index in [0.717, 1.165) is 24.9 Å². The topological polar surface area (TPSA) is 58.2 Å². The van der Waals surface area contributed by atoms with Crippen molar-refractivity contribution in [1.82, 2.24) is 0 Å². The normalized spacial score (nSPS) is 14.1. The lowest BCUT2D eigenvalue weighted by molar-refractivity contribution is 0.598. The molecule has 3 rings (SSSR count). The van der Waals surface area contributed by atoms with E-state index in [1.54, 1.807) is 6.07 Å². The number of anilines is 2. The Morgan fingerprint density at radius 3 is 2.77 bits per heavy atom. The number of rotatable bonds is 3. The molecule has 7 heteroatoms. The highest BCUT2D eigenvalue weighted by Gasteiger charge is 2.24. The molecule has 116 valence electrons. The minimum absolute atomic E-state index is 0.0629. The Morgan fingerprint density at radius 1 is 1.23 bits per heavy atom. The van der Waals surface area contributed by atoms with E-state index in [1.807, 2.05) is 6.07 Å². The van der Waals surface area contributed by atoms with E-state index in [9.17, 15) is 12.8 Å². The molecule has 0 bridgehead atoms. The molecular formula is C15H14BrFN2O2S. The van der Waals surface area contributed by atoms with Crippen LogP contribution in [0.3, 0.4) is 0 Å². The average molecular weight is 385 g/mol. The smallest absolute Gasteiger partial charge is 0.264 e. The lowest BCUT2D eigenvalue weighted by Crippen LogP contribution is -2.20. The Bertz CT molecular complexity index is 824. The first-order chi connectivity index (χ1) is 10.5. The van der Waals surface area contributed by atoms with Crippen LogP contribution in [0.25, 0.3) is 0 Å². The fraction of sp³-hybridized carbons (Fsp3) is 0.200. The number of hydrogen-bond acceptors (Lipinski definition) is 3. The number of benzene rings is 2. The highest BCUT2D eigenvalue weighted by atomic mass is 79.9. The van der Waals surface area contributed by atoms with Crippen LogP contribution >= 0.6 is 15.9 Å². The van der Waals surface area contributed by atoms with Crippen molar-refractivity contribution < 1.29 is 12.8 Å². The van der Waals surface area contributed by atoms with Gasteiger partial charge in [-0.05, 0) is 42.7 Å². The van der Waals surface area contributed by atoms with Crippen molar-refractivity contribution in [3.8, 4) is 0 Å². The second kappa shape index (κ2) is 5.89. The number of nitrogens with one attached hydrogen (secondary N) is 2. The SMILES string of the molecule is O=S(=O)(Nc1ccccc1F)c1cc(Br)cc2c1NCCC2. The second-order valence-electron chi connectivity index (χ2n) is 5.05. The van der Waals surface area contributed by atoms with E-state index in [4.69, 9.17) is 0 Å². The maximum Gasteiger partial charge on any atom is 0.264 e. The van der Waals surface area contributed by atoms with Gasteiger partial charge in [-0.25, -0.2) is 12.8 Å². The summed E-state index contributed by atoms with van der Waals surface area (Å²) >= 11 is 3.34. The van der Waals surface area contributed by atoms with Gasteiger partial charge in [0.2, 0.25) is 0 Å². The Balaban J connectivity index is 2.06. The maximum absolute atomic E-state index is 13.7. The fourth-order valence-electron chi connectivity index (χ4n) is 2.48. The van der Waals surface area contributed by atoms with Crippen molar-refractivity contribution in [2.75, 3.05) is 16.6 Å². The minimum Gasteiger partial charge on any atom is -0.384 e. The van der Waals surface area contributed by atoms with Gasteiger partial charge in [0.15, 0.2) is 0 Å². The molecule has 0 aliphatic carbocycles. The van der Waals surface area contributed by atoms with Gasteiger partial charge in [-0.2, -0.15) is 0 Å². The third-order valence-corrected chi connectivity index (χ3v) is 5.33. The van der Waals surface area contributed by atoms with Crippen molar-refractivity contribution in [1.29, 1.82) is 0 Å². The first-order valence-corrected chi connectivity index (χ1v) is 9.08. The number of hydrogen-bond donors (Lipinski definition) is 2. The zero-order valence-electron chi connectivity index (χ0n) is 11.6. The number of halogens is 2. The van der Waals surface area contributed by atoms with Crippen molar-refractivity contribution in [3.63, 3.8) is 0 Å². The summed E-state index contributed by atoms with van der Waals surface area (Å²) in [5.41, 5.74) is 1.47. The molecule has 0 fully saturated rings. The summed E-state index contributed by atoms with van der Waals surface area (Å²) in [6.45, 7) is 0.719. The highest BCUT2D eigenvalue weighted by Crippen LogP contribution is 2.34. The third-order valence-electron chi connectivity index (χ3n) is 3.48. The molecule has 0 unspecified atom stereocenters. The summed E-state index contributed by atoms with van der Waals surface area (Å²) in [6.07, 6.45) is 1.76. The molecule has 0 atom stereocenters. The summed E-state index contributed by atoms with van der Waals surface area (Å²) in [5, 5.41) is 3.13. The van der Waals surface area contributed by atoms with Crippen LogP contribution in [-0.4, -0.2) is 15.0 Å². The zero-order chi connectivity index (χ0) is 15.7. The van der Waals surface area contributed by atoms with Gasteiger partial charge in [-0.1, -0.05) is 28.1 Å². The van der Waals surface area contributed by atoms with E-state index in [0.29, 0.717) is 10.2 Å². The molecule has 1 aliphatic heterocycles. The molecule has 1 aliphatic rings. The molecule has 2 aromatic carbocycles. The van der Waals surface area contributed by atoms with Gasteiger partial charge < -0.3 is 5.32 Å². The lowest BCUT2D eigenvalue weighted by atomic mass is 10.0. The van der Waals surface area contributed by atoms with E-state index in [1.165, 1.54) is 24.3 Å². The Kier molecular flexibility index (Phi) is 4.10. The number of aryl methyl sites for hydroxylation is 1. The van der Waals surface area contributed by atoms with Gasteiger partial charge in [-0.15, -0.1) is 0 Å². The van der Waals surface area contributed by atoms with Crippen molar-refractivity contribution >= 4 is 37.3 Å². The molecule has 22 heavy (non-hydrogen) atoms. The van der Waals surface area contributed by atoms with Gasteiger partial charge in [0, 0.05) is 11.0 Å². The van der Waals surface area contributed by atoms with Gasteiger partial charge in [0.05, 0.1) is 11.4 Å². The Labute approximate surface area is 136 Å².